The lowest BCUT2D eigenvalue weighted by Gasteiger charge is -2.29. The molecule has 0 radical (unpaired) electrons. The minimum absolute atomic E-state index is 0.546. The standard InChI is InChI=1S/C29H25N7/c1-2-6-25-20(4-1)8-9-21-5-3-7-26(27(21)25)36-28-22(19-32-36)18-31-29(34-28)33-23-10-12-24(13-11-23)35-16-14-30-15-17-35/h1-13,18-19,30H,14-17H2,(H,31,33,34). The fourth-order valence-electron chi connectivity index (χ4n) is 5.08. The number of fused-ring (bicyclic) bond motifs is 4. The highest BCUT2D eigenvalue weighted by Crippen LogP contribution is 2.32. The molecule has 0 amide bonds. The summed E-state index contributed by atoms with van der Waals surface area (Å²) in [6, 6.07) is 27.6. The molecule has 1 fully saturated rings. The first-order chi connectivity index (χ1) is 17.8. The third-order valence-electron chi connectivity index (χ3n) is 6.89. The van der Waals surface area contributed by atoms with Crippen molar-refractivity contribution in [3.05, 3.63) is 91.3 Å². The van der Waals surface area contributed by atoms with Crippen LogP contribution in [0.1, 0.15) is 0 Å². The Kier molecular flexibility index (Phi) is 4.99. The van der Waals surface area contributed by atoms with E-state index in [1.165, 1.54) is 21.8 Å². The summed E-state index contributed by atoms with van der Waals surface area (Å²) in [6.07, 6.45) is 3.65. The lowest BCUT2D eigenvalue weighted by atomic mass is 10.0. The second-order valence-electron chi connectivity index (χ2n) is 9.10. The molecule has 0 aliphatic carbocycles. The van der Waals surface area contributed by atoms with Crippen molar-refractivity contribution in [3.8, 4) is 5.69 Å². The molecule has 176 valence electrons. The summed E-state index contributed by atoms with van der Waals surface area (Å²) in [5.41, 5.74) is 3.96. The van der Waals surface area contributed by atoms with E-state index in [2.05, 4.69) is 99.4 Å². The van der Waals surface area contributed by atoms with Gasteiger partial charge in [0.15, 0.2) is 5.65 Å². The SMILES string of the molecule is c1ccc2c(c1)ccc1cccc(-n3ncc4cnc(Nc5ccc(N6CCNCC6)cc5)nc43)c12. The number of hydrogen-bond acceptors (Lipinski definition) is 6. The quantitative estimate of drug-likeness (QED) is 0.341. The lowest BCUT2D eigenvalue weighted by Crippen LogP contribution is -2.43. The fraction of sp³-hybridized carbons (Fsp3) is 0.138. The van der Waals surface area contributed by atoms with Gasteiger partial charge in [-0.3, -0.25) is 0 Å². The van der Waals surface area contributed by atoms with Gasteiger partial charge < -0.3 is 15.5 Å². The van der Waals surface area contributed by atoms with Crippen molar-refractivity contribution in [1.29, 1.82) is 0 Å². The average molecular weight is 472 g/mol. The van der Waals surface area contributed by atoms with Gasteiger partial charge in [-0.2, -0.15) is 10.1 Å². The van der Waals surface area contributed by atoms with Crippen LogP contribution < -0.4 is 15.5 Å². The molecule has 4 aromatic carbocycles. The molecule has 0 unspecified atom stereocenters. The molecule has 0 bridgehead atoms. The number of piperazine rings is 1. The van der Waals surface area contributed by atoms with Crippen molar-refractivity contribution < 1.29 is 0 Å². The maximum Gasteiger partial charge on any atom is 0.229 e. The zero-order valence-electron chi connectivity index (χ0n) is 19.7. The minimum Gasteiger partial charge on any atom is -0.369 e. The second kappa shape index (κ2) is 8.62. The van der Waals surface area contributed by atoms with Crippen LogP contribution in [0.3, 0.4) is 0 Å². The van der Waals surface area contributed by atoms with Crippen LogP contribution in [0, 0.1) is 0 Å². The van der Waals surface area contributed by atoms with E-state index in [1.54, 1.807) is 0 Å². The van der Waals surface area contributed by atoms with Gasteiger partial charge >= 0.3 is 0 Å². The first-order valence-electron chi connectivity index (χ1n) is 12.3. The Hall–Kier alpha value is -4.49. The van der Waals surface area contributed by atoms with Gasteiger partial charge in [0, 0.05) is 49.1 Å². The molecule has 0 spiro atoms. The van der Waals surface area contributed by atoms with Crippen LogP contribution in [0.25, 0.3) is 38.3 Å². The Morgan fingerprint density at radius 2 is 1.56 bits per heavy atom. The Balaban J connectivity index is 1.26. The zero-order chi connectivity index (χ0) is 23.9. The summed E-state index contributed by atoms with van der Waals surface area (Å²) in [5, 5.41) is 17.1. The number of anilines is 3. The highest BCUT2D eigenvalue weighted by molar-refractivity contribution is 6.11. The molecule has 2 aromatic heterocycles. The maximum atomic E-state index is 4.87. The van der Waals surface area contributed by atoms with Crippen LogP contribution in [0.4, 0.5) is 17.3 Å². The third-order valence-corrected chi connectivity index (χ3v) is 6.89. The van der Waals surface area contributed by atoms with Crippen molar-refractivity contribution in [2.75, 3.05) is 36.4 Å². The van der Waals surface area contributed by atoms with E-state index in [1.807, 2.05) is 17.1 Å². The molecule has 7 heteroatoms. The molecule has 36 heavy (non-hydrogen) atoms. The summed E-state index contributed by atoms with van der Waals surface area (Å²) >= 11 is 0. The van der Waals surface area contributed by atoms with Gasteiger partial charge in [-0.1, -0.05) is 48.5 Å². The molecule has 0 saturated carbocycles. The zero-order valence-corrected chi connectivity index (χ0v) is 19.7. The molecule has 2 N–H and O–H groups in total. The Bertz CT molecular complexity index is 1700. The van der Waals surface area contributed by atoms with E-state index in [-0.39, 0.29) is 0 Å². The third kappa shape index (κ3) is 3.61. The van der Waals surface area contributed by atoms with E-state index in [4.69, 9.17) is 10.1 Å². The predicted molar refractivity (Wildman–Crippen MR) is 146 cm³/mol. The fourth-order valence-corrected chi connectivity index (χ4v) is 5.08. The number of nitrogens with zero attached hydrogens (tertiary/aromatic N) is 5. The summed E-state index contributed by atoms with van der Waals surface area (Å²) in [6.45, 7) is 4.10. The summed E-state index contributed by atoms with van der Waals surface area (Å²) in [4.78, 5) is 11.8. The van der Waals surface area contributed by atoms with Crippen molar-refractivity contribution in [3.63, 3.8) is 0 Å². The average Bonchev–Trinajstić information content (AvgIpc) is 3.37. The van der Waals surface area contributed by atoms with Gasteiger partial charge in [-0.05, 0) is 46.5 Å². The summed E-state index contributed by atoms with van der Waals surface area (Å²) in [5.74, 6) is 0.546. The molecule has 7 nitrogen and oxygen atoms in total. The maximum absolute atomic E-state index is 4.87. The van der Waals surface area contributed by atoms with Crippen molar-refractivity contribution in [2.45, 2.75) is 0 Å². The smallest absolute Gasteiger partial charge is 0.229 e. The van der Waals surface area contributed by atoms with Gasteiger partial charge in [0.25, 0.3) is 0 Å². The molecule has 3 heterocycles. The molecular formula is C29H25N7. The van der Waals surface area contributed by atoms with Crippen LogP contribution in [0.2, 0.25) is 0 Å². The van der Waals surface area contributed by atoms with E-state index < -0.39 is 0 Å². The van der Waals surface area contributed by atoms with Crippen molar-refractivity contribution in [1.82, 2.24) is 25.1 Å². The molecule has 6 aromatic rings. The number of benzene rings is 4. The molecule has 7 rings (SSSR count). The van der Waals surface area contributed by atoms with Gasteiger partial charge in [0.1, 0.15) is 0 Å². The van der Waals surface area contributed by atoms with Gasteiger partial charge in [0.05, 0.1) is 17.3 Å². The van der Waals surface area contributed by atoms with Crippen molar-refractivity contribution in [2.24, 2.45) is 0 Å². The Labute approximate surface area is 208 Å². The Morgan fingerprint density at radius 1 is 0.750 bits per heavy atom. The molecule has 1 aliphatic heterocycles. The van der Waals surface area contributed by atoms with Crippen LogP contribution in [-0.2, 0) is 0 Å². The van der Waals surface area contributed by atoms with Crippen LogP contribution in [0.15, 0.2) is 91.3 Å². The number of aromatic nitrogens is 4. The summed E-state index contributed by atoms with van der Waals surface area (Å²) in [7, 11) is 0. The van der Waals surface area contributed by atoms with E-state index in [0.29, 0.717) is 5.95 Å². The topological polar surface area (TPSA) is 70.9 Å². The van der Waals surface area contributed by atoms with Crippen LogP contribution >= 0.6 is 0 Å². The van der Waals surface area contributed by atoms with Gasteiger partial charge in [-0.15, -0.1) is 0 Å². The normalized spacial score (nSPS) is 14.1. The Morgan fingerprint density at radius 3 is 2.44 bits per heavy atom. The second-order valence-corrected chi connectivity index (χ2v) is 9.10. The monoisotopic (exact) mass is 471 g/mol. The van der Waals surface area contributed by atoms with Crippen LogP contribution in [0.5, 0.6) is 0 Å². The molecule has 0 atom stereocenters. The van der Waals surface area contributed by atoms with Crippen LogP contribution in [-0.4, -0.2) is 45.9 Å². The van der Waals surface area contributed by atoms with E-state index in [9.17, 15) is 0 Å². The number of nitrogens with one attached hydrogen (secondary N) is 2. The number of rotatable bonds is 4. The number of hydrogen-bond donors (Lipinski definition) is 2. The predicted octanol–water partition coefficient (Wildman–Crippen LogP) is 5.28. The van der Waals surface area contributed by atoms with Gasteiger partial charge in [0.2, 0.25) is 5.95 Å². The van der Waals surface area contributed by atoms with E-state index in [0.717, 1.165) is 54.0 Å². The highest BCUT2D eigenvalue weighted by Gasteiger charge is 2.14. The van der Waals surface area contributed by atoms with Gasteiger partial charge in [-0.25, -0.2) is 9.67 Å². The molecular weight excluding hydrogens is 446 g/mol. The first kappa shape index (κ1) is 20.8. The first-order valence-corrected chi connectivity index (χ1v) is 12.3. The summed E-state index contributed by atoms with van der Waals surface area (Å²) < 4.78 is 1.92. The lowest BCUT2D eigenvalue weighted by molar-refractivity contribution is 0.589. The minimum atomic E-state index is 0.546. The van der Waals surface area contributed by atoms with E-state index >= 15 is 0 Å². The largest absolute Gasteiger partial charge is 0.369 e. The van der Waals surface area contributed by atoms with Crippen molar-refractivity contribution >= 4 is 49.9 Å². The molecule has 1 aliphatic rings. The molecule has 1 saturated heterocycles. The highest BCUT2D eigenvalue weighted by atomic mass is 15.3.